The Morgan fingerprint density at radius 1 is 0.955 bits per heavy atom. The van der Waals surface area contributed by atoms with Crippen LogP contribution in [0.4, 0.5) is 0 Å². The molecule has 0 saturated heterocycles. The third kappa shape index (κ3) is 2.53. The van der Waals surface area contributed by atoms with E-state index in [1.165, 1.54) is 0 Å². The van der Waals surface area contributed by atoms with E-state index in [1.807, 2.05) is 56.3 Å². The van der Waals surface area contributed by atoms with Gasteiger partial charge in [-0.25, -0.2) is 0 Å². The van der Waals surface area contributed by atoms with Gasteiger partial charge in [0.25, 0.3) is 0 Å². The summed E-state index contributed by atoms with van der Waals surface area (Å²) >= 11 is 0. The first-order valence-electron chi connectivity index (χ1n) is 7.43. The van der Waals surface area contributed by atoms with Gasteiger partial charge >= 0.3 is 7.48 Å². The number of rotatable bonds is 4. The van der Waals surface area contributed by atoms with Gasteiger partial charge in [0.2, 0.25) is 0 Å². The van der Waals surface area contributed by atoms with Gasteiger partial charge in [0, 0.05) is 10.8 Å². The quantitative estimate of drug-likeness (QED) is 0.750. The summed E-state index contributed by atoms with van der Waals surface area (Å²) in [6.07, 6.45) is 0. The minimum atomic E-state index is -0.949. The van der Waals surface area contributed by atoms with Gasteiger partial charge in [0.15, 0.2) is 0 Å². The Morgan fingerprint density at radius 3 is 2.36 bits per heavy atom. The van der Waals surface area contributed by atoms with Crippen LogP contribution in [-0.2, 0) is 4.65 Å². The molecule has 0 unspecified atom stereocenters. The fraction of sp³-hybridized carbons (Fsp3) is 0.333. The molecule has 1 radical (unpaired) electrons. The lowest BCUT2D eigenvalue weighted by Crippen LogP contribution is -2.49. The highest BCUT2D eigenvalue weighted by molar-refractivity contribution is 6.52. The lowest BCUT2D eigenvalue weighted by atomic mass is 9.80. The third-order valence-electron chi connectivity index (χ3n) is 4.39. The van der Waals surface area contributed by atoms with Crippen molar-refractivity contribution >= 4 is 34.9 Å². The largest absolute Gasteiger partial charge is 0.456 e. The van der Waals surface area contributed by atoms with Crippen molar-refractivity contribution in [3.63, 3.8) is 0 Å². The summed E-state index contributed by atoms with van der Waals surface area (Å²) in [7, 11) is 1.71. The molecule has 0 saturated carbocycles. The summed E-state index contributed by atoms with van der Waals surface area (Å²) in [5.41, 5.74) is 0.990. The van der Waals surface area contributed by atoms with Crippen molar-refractivity contribution in [2.75, 3.05) is 0 Å². The van der Waals surface area contributed by atoms with Crippen molar-refractivity contribution in [1.82, 2.24) is 0 Å². The van der Waals surface area contributed by atoms with Crippen molar-refractivity contribution in [3.05, 3.63) is 42.5 Å². The zero-order valence-corrected chi connectivity index (χ0v) is 13.4. The Hall–Kier alpha value is -1.78. The summed E-state index contributed by atoms with van der Waals surface area (Å²) in [5, 5.41) is 12.3. The molecular weight excluding hydrogens is 275 g/mol. The molecule has 0 atom stereocenters. The number of fused-ring (bicyclic) bond motifs is 3. The highest BCUT2D eigenvalue weighted by Crippen LogP contribution is 2.28. The summed E-state index contributed by atoms with van der Waals surface area (Å²) in [5.74, 6) is 0. The van der Waals surface area contributed by atoms with Crippen LogP contribution in [0, 0.1) is 0 Å². The number of aliphatic hydroxyl groups is 1. The van der Waals surface area contributed by atoms with E-state index in [-0.39, 0.29) is 0 Å². The van der Waals surface area contributed by atoms with Crippen molar-refractivity contribution in [2.24, 2.45) is 0 Å². The van der Waals surface area contributed by atoms with Crippen molar-refractivity contribution in [1.29, 1.82) is 0 Å². The van der Waals surface area contributed by atoms with E-state index in [9.17, 15) is 5.11 Å². The number of benzene rings is 2. The maximum atomic E-state index is 10.2. The van der Waals surface area contributed by atoms with Crippen LogP contribution in [-0.4, -0.2) is 23.8 Å². The molecular formula is C18H20BO3. The van der Waals surface area contributed by atoms with Gasteiger partial charge in [-0.1, -0.05) is 30.3 Å². The predicted molar refractivity (Wildman–Crippen MR) is 90.6 cm³/mol. The topological polar surface area (TPSA) is 42.6 Å². The van der Waals surface area contributed by atoms with Crippen LogP contribution in [0.2, 0.25) is 0 Å². The average molecular weight is 295 g/mol. The van der Waals surface area contributed by atoms with Gasteiger partial charge < -0.3 is 14.2 Å². The molecule has 0 aliphatic carbocycles. The van der Waals surface area contributed by atoms with Gasteiger partial charge in [-0.2, -0.15) is 0 Å². The van der Waals surface area contributed by atoms with E-state index in [0.29, 0.717) is 0 Å². The van der Waals surface area contributed by atoms with E-state index in [2.05, 4.69) is 0 Å². The molecule has 4 heteroatoms. The molecule has 113 valence electrons. The molecule has 0 spiro atoms. The van der Waals surface area contributed by atoms with Gasteiger partial charge in [-0.3, -0.25) is 0 Å². The molecule has 3 rings (SSSR count). The first kappa shape index (κ1) is 15.1. The highest BCUT2D eigenvalue weighted by Gasteiger charge is 2.35. The van der Waals surface area contributed by atoms with Gasteiger partial charge in [0.1, 0.15) is 11.2 Å². The van der Waals surface area contributed by atoms with E-state index in [4.69, 9.17) is 9.07 Å². The molecule has 0 aliphatic rings. The van der Waals surface area contributed by atoms with E-state index in [0.717, 1.165) is 27.4 Å². The normalized spacial score (nSPS) is 13.0. The maximum Gasteiger partial charge on any atom is 0.331 e. The van der Waals surface area contributed by atoms with Gasteiger partial charge in [-0.15, -0.1) is 0 Å². The average Bonchev–Trinajstić information content (AvgIpc) is 2.83. The molecule has 2 aromatic carbocycles. The number of hydrogen-bond acceptors (Lipinski definition) is 3. The Balaban J connectivity index is 2.01. The zero-order valence-electron chi connectivity index (χ0n) is 13.4. The summed E-state index contributed by atoms with van der Waals surface area (Å²) in [4.78, 5) is 0. The smallest absolute Gasteiger partial charge is 0.331 e. The van der Waals surface area contributed by atoms with Gasteiger partial charge in [0.05, 0.1) is 11.2 Å². The molecule has 1 heterocycles. The first-order chi connectivity index (χ1) is 10.3. The summed E-state index contributed by atoms with van der Waals surface area (Å²) in [6, 6.07) is 13.8. The molecule has 3 nitrogen and oxygen atoms in total. The van der Waals surface area contributed by atoms with Crippen LogP contribution >= 0.6 is 0 Å². The van der Waals surface area contributed by atoms with Crippen LogP contribution < -0.4 is 5.46 Å². The second-order valence-electron chi connectivity index (χ2n) is 6.62. The molecule has 1 N–H and O–H groups in total. The number of hydrogen-bond donors (Lipinski definition) is 1. The molecule has 0 aliphatic heterocycles. The maximum absolute atomic E-state index is 10.2. The molecule has 1 aromatic heterocycles. The van der Waals surface area contributed by atoms with Crippen LogP contribution in [0.15, 0.2) is 46.9 Å². The fourth-order valence-electron chi connectivity index (χ4n) is 2.26. The fourth-order valence-corrected chi connectivity index (χ4v) is 2.26. The summed E-state index contributed by atoms with van der Waals surface area (Å²) < 4.78 is 11.8. The van der Waals surface area contributed by atoms with Crippen molar-refractivity contribution in [3.8, 4) is 0 Å². The van der Waals surface area contributed by atoms with Crippen LogP contribution in [0.25, 0.3) is 21.9 Å². The van der Waals surface area contributed by atoms with Crippen molar-refractivity contribution < 1.29 is 14.2 Å². The zero-order chi connectivity index (χ0) is 16.0. The monoisotopic (exact) mass is 295 g/mol. The standard InChI is InChI=1S/C18H20BO3/c1-17(2,20)18(3,4)22-19-13-9-7-11-15-16(13)12-8-5-6-10-14(12)21-15/h5-11,20H,1-4H3. The van der Waals surface area contributed by atoms with Crippen LogP contribution in [0.5, 0.6) is 0 Å². The Morgan fingerprint density at radius 2 is 1.64 bits per heavy atom. The molecule has 22 heavy (non-hydrogen) atoms. The van der Waals surface area contributed by atoms with E-state index in [1.54, 1.807) is 21.3 Å². The predicted octanol–water partition coefficient (Wildman–Crippen LogP) is 3.40. The second-order valence-corrected chi connectivity index (χ2v) is 6.62. The SMILES string of the molecule is CC(C)(O)C(C)(C)O[B]c1cccc2oc3ccccc3c12. The lowest BCUT2D eigenvalue weighted by molar-refractivity contribution is -0.0893. The highest BCUT2D eigenvalue weighted by atomic mass is 16.5. The van der Waals surface area contributed by atoms with Crippen molar-refractivity contribution in [2.45, 2.75) is 38.9 Å². The molecule has 0 bridgehead atoms. The molecule has 0 amide bonds. The Kier molecular flexibility index (Phi) is 3.54. The second kappa shape index (κ2) is 5.15. The first-order valence-corrected chi connectivity index (χ1v) is 7.43. The van der Waals surface area contributed by atoms with Gasteiger partial charge in [-0.05, 0) is 45.3 Å². The summed E-state index contributed by atoms with van der Waals surface area (Å²) in [6.45, 7) is 7.23. The lowest BCUT2D eigenvalue weighted by Gasteiger charge is -2.37. The van der Waals surface area contributed by atoms with E-state index < -0.39 is 11.2 Å². The Bertz CT molecular complexity index is 812. The minimum absolute atomic E-state index is 0.700. The van der Waals surface area contributed by atoms with E-state index >= 15 is 0 Å². The van der Waals surface area contributed by atoms with Crippen LogP contribution in [0.1, 0.15) is 27.7 Å². The molecule has 0 fully saturated rings. The third-order valence-corrected chi connectivity index (χ3v) is 4.39. The number of furan rings is 1. The molecule has 3 aromatic rings. The number of para-hydroxylation sites is 1. The van der Waals surface area contributed by atoms with Crippen LogP contribution in [0.3, 0.4) is 0 Å². The minimum Gasteiger partial charge on any atom is -0.456 e. The Labute approximate surface area is 131 Å².